The van der Waals surface area contributed by atoms with Gasteiger partial charge in [-0.15, -0.1) is 0 Å². The van der Waals surface area contributed by atoms with E-state index < -0.39 is 0 Å². The summed E-state index contributed by atoms with van der Waals surface area (Å²) < 4.78 is 10.7. The summed E-state index contributed by atoms with van der Waals surface area (Å²) in [5, 5.41) is 0. The van der Waals surface area contributed by atoms with Crippen LogP contribution in [0.25, 0.3) is 6.08 Å². The maximum atomic E-state index is 12.2. The van der Waals surface area contributed by atoms with Crippen molar-refractivity contribution in [3.8, 4) is 11.5 Å². The molecule has 1 aliphatic heterocycles. The number of methoxy groups -OCH3 is 1. The summed E-state index contributed by atoms with van der Waals surface area (Å²) in [6.07, 6.45) is 1.70. The molecule has 0 atom stereocenters. The van der Waals surface area contributed by atoms with Gasteiger partial charge in [-0.05, 0) is 35.9 Å². The fourth-order valence-electron chi connectivity index (χ4n) is 2.04. The Labute approximate surface area is 116 Å². The van der Waals surface area contributed by atoms with E-state index in [9.17, 15) is 4.79 Å². The molecule has 0 aromatic heterocycles. The maximum Gasteiger partial charge on any atom is 0.231 e. The van der Waals surface area contributed by atoms with Crippen LogP contribution in [0.3, 0.4) is 0 Å². The summed E-state index contributed by atoms with van der Waals surface area (Å²) in [4.78, 5) is 12.2. The van der Waals surface area contributed by atoms with Crippen LogP contribution in [-0.2, 0) is 0 Å². The molecule has 0 saturated carbocycles. The molecule has 2 N–H and O–H groups in total. The normalized spacial score (nSPS) is 15.1. The van der Waals surface area contributed by atoms with Crippen molar-refractivity contribution in [3.05, 3.63) is 59.4 Å². The Kier molecular flexibility index (Phi) is 2.91. The Balaban J connectivity index is 1.94. The molecule has 0 radical (unpaired) electrons. The Morgan fingerprint density at radius 1 is 1.15 bits per heavy atom. The number of ketones is 1. The summed E-state index contributed by atoms with van der Waals surface area (Å²) in [5.41, 5.74) is 7.72. The van der Waals surface area contributed by atoms with Gasteiger partial charge in [0.2, 0.25) is 5.78 Å². The summed E-state index contributed by atoms with van der Waals surface area (Å²) in [6, 6.07) is 12.4. The van der Waals surface area contributed by atoms with E-state index in [1.54, 1.807) is 43.5 Å². The van der Waals surface area contributed by atoms with Crippen molar-refractivity contribution in [1.82, 2.24) is 0 Å². The summed E-state index contributed by atoms with van der Waals surface area (Å²) >= 11 is 0. The lowest BCUT2D eigenvalue weighted by atomic mass is 10.1. The molecule has 0 unspecified atom stereocenters. The number of hydrogen-bond donors (Lipinski definition) is 1. The van der Waals surface area contributed by atoms with Crippen LogP contribution < -0.4 is 15.2 Å². The first-order valence-electron chi connectivity index (χ1n) is 6.15. The van der Waals surface area contributed by atoms with Crippen LogP contribution in [0.5, 0.6) is 11.5 Å². The fourth-order valence-corrected chi connectivity index (χ4v) is 2.04. The van der Waals surface area contributed by atoms with Crippen molar-refractivity contribution in [2.75, 3.05) is 12.8 Å². The molecule has 1 heterocycles. The van der Waals surface area contributed by atoms with E-state index in [1.165, 1.54) is 0 Å². The third-order valence-corrected chi connectivity index (χ3v) is 3.11. The SMILES string of the molecule is COc1ccc2c(c1)O/C(=C/c1ccc(N)cc1)C2=O. The van der Waals surface area contributed by atoms with Crippen LogP contribution >= 0.6 is 0 Å². The second-order valence-corrected chi connectivity index (χ2v) is 4.47. The topological polar surface area (TPSA) is 61.6 Å². The molecule has 4 heteroatoms. The summed E-state index contributed by atoms with van der Waals surface area (Å²) in [7, 11) is 1.57. The Morgan fingerprint density at radius 3 is 2.60 bits per heavy atom. The van der Waals surface area contributed by atoms with Gasteiger partial charge in [-0.1, -0.05) is 12.1 Å². The quantitative estimate of drug-likeness (QED) is 0.671. The summed E-state index contributed by atoms with van der Waals surface area (Å²) in [6.45, 7) is 0. The molecule has 3 rings (SSSR count). The van der Waals surface area contributed by atoms with Crippen molar-refractivity contribution in [2.45, 2.75) is 0 Å². The average Bonchev–Trinajstić information content (AvgIpc) is 2.77. The van der Waals surface area contributed by atoms with E-state index in [-0.39, 0.29) is 5.78 Å². The second-order valence-electron chi connectivity index (χ2n) is 4.47. The highest BCUT2D eigenvalue weighted by Gasteiger charge is 2.27. The molecule has 0 fully saturated rings. The van der Waals surface area contributed by atoms with Gasteiger partial charge < -0.3 is 15.2 Å². The number of allylic oxidation sites excluding steroid dienone is 1. The van der Waals surface area contributed by atoms with Gasteiger partial charge in [0.05, 0.1) is 12.7 Å². The van der Waals surface area contributed by atoms with Gasteiger partial charge in [0.25, 0.3) is 0 Å². The van der Waals surface area contributed by atoms with E-state index >= 15 is 0 Å². The van der Waals surface area contributed by atoms with E-state index in [1.807, 2.05) is 12.1 Å². The number of ether oxygens (including phenoxy) is 2. The zero-order valence-corrected chi connectivity index (χ0v) is 10.9. The first-order chi connectivity index (χ1) is 9.67. The van der Waals surface area contributed by atoms with Gasteiger partial charge >= 0.3 is 0 Å². The van der Waals surface area contributed by atoms with Crippen LogP contribution in [-0.4, -0.2) is 12.9 Å². The Hall–Kier alpha value is -2.75. The highest BCUT2D eigenvalue weighted by atomic mass is 16.5. The van der Waals surface area contributed by atoms with Crippen LogP contribution in [0.2, 0.25) is 0 Å². The van der Waals surface area contributed by atoms with Crippen LogP contribution in [0.4, 0.5) is 5.69 Å². The van der Waals surface area contributed by atoms with Gasteiger partial charge in [-0.3, -0.25) is 4.79 Å². The van der Waals surface area contributed by atoms with E-state index in [0.717, 1.165) is 5.56 Å². The number of carbonyl (C=O) groups excluding carboxylic acids is 1. The molecule has 0 amide bonds. The fraction of sp³-hybridized carbons (Fsp3) is 0.0625. The molecule has 1 aliphatic rings. The van der Waals surface area contributed by atoms with Gasteiger partial charge in [-0.25, -0.2) is 0 Å². The highest BCUT2D eigenvalue weighted by molar-refractivity contribution is 6.14. The minimum absolute atomic E-state index is 0.125. The second kappa shape index (κ2) is 4.74. The number of carbonyl (C=O) groups is 1. The number of rotatable bonds is 2. The molecule has 0 aliphatic carbocycles. The predicted octanol–water partition coefficient (Wildman–Crippen LogP) is 2.89. The standard InChI is InChI=1S/C16H13NO3/c1-19-12-6-7-13-14(9-12)20-15(16(13)18)8-10-2-4-11(17)5-3-10/h2-9H,17H2,1H3/b15-8+. The van der Waals surface area contributed by atoms with Gasteiger partial charge in [0, 0.05) is 11.8 Å². The van der Waals surface area contributed by atoms with Crippen LogP contribution in [0.1, 0.15) is 15.9 Å². The summed E-state index contributed by atoms with van der Waals surface area (Å²) in [5.74, 6) is 1.36. The molecule has 100 valence electrons. The van der Waals surface area contributed by atoms with Gasteiger partial charge in [0.1, 0.15) is 11.5 Å². The van der Waals surface area contributed by atoms with Crippen molar-refractivity contribution < 1.29 is 14.3 Å². The van der Waals surface area contributed by atoms with E-state index in [2.05, 4.69) is 0 Å². The largest absolute Gasteiger partial charge is 0.497 e. The average molecular weight is 267 g/mol. The van der Waals surface area contributed by atoms with Crippen LogP contribution in [0.15, 0.2) is 48.2 Å². The number of fused-ring (bicyclic) bond motifs is 1. The van der Waals surface area contributed by atoms with Crippen molar-refractivity contribution in [1.29, 1.82) is 0 Å². The minimum Gasteiger partial charge on any atom is -0.497 e. The molecular weight excluding hydrogens is 254 g/mol. The molecular formula is C16H13NO3. The van der Waals surface area contributed by atoms with Crippen molar-refractivity contribution in [2.24, 2.45) is 0 Å². The number of nitrogen functional groups attached to an aromatic ring is 1. The Bertz CT molecular complexity index is 702. The first-order valence-corrected chi connectivity index (χ1v) is 6.15. The molecule has 20 heavy (non-hydrogen) atoms. The first kappa shape index (κ1) is 12.3. The lowest BCUT2D eigenvalue weighted by Crippen LogP contribution is -1.98. The maximum absolute atomic E-state index is 12.2. The molecule has 0 saturated heterocycles. The molecule has 2 aromatic rings. The molecule has 0 spiro atoms. The minimum atomic E-state index is -0.125. The number of Topliss-reactive ketones (excluding diaryl/α,β-unsaturated/α-hetero) is 1. The highest BCUT2D eigenvalue weighted by Crippen LogP contribution is 2.34. The zero-order chi connectivity index (χ0) is 14.1. The van der Waals surface area contributed by atoms with Crippen molar-refractivity contribution >= 4 is 17.5 Å². The Morgan fingerprint density at radius 2 is 1.90 bits per heavy atom. The number of nitrogens with two attached hydrogens (primary N) is 1. The molecule has 2 aromatic carbocycles. The molecule has 4 nitrogen and oxygen atoms in total. The number of benzene rings is 2. The lowest BCUT2D eigenvalue weighted by Gasteiger charge is -2.01. The third kappa shape index (κ3) is 2.12. The van der Waals surface area contributed by atoms with Crippen LogP contribution in [0, 0.1) is 0 Å². The number of anilines is 1. The van der Waals surface area contributed by atoms with Crippen molar-refractivity contribution in [3.63, 3.8) is 0 Å². The smallest absolute Gasteiger partial charge is 0.231 e. The predicted molar refractivity (Wildman–Crippen MR) is 76.8 cm³/mol. The zero-order valence-electron chi connectivity index (χ0n) is 10.9. The third-order valence-electron chi connectivity index (χ3n) is 3.11. The van der Waals surface area contributed by atoms with E-state index in [4.69, 9.17) is 15.2 Å². The monoisotopic (exact) mass is 267 g/mol. The number of hydrogen-bond acceptors (Lipinski definition) is 4. The van der Waals surface area contributed by atoms with Gasteiger partial charge in [0.15, 0.2) is 5.76 Å². The molecule has 0 bridgehead atoms. The van der Waals surface area contributed by atoms with Gasteiger partial charge in [-0.2, -0.15) is 0 Å². The lowest BCUT2D eigenvalue weighted by molar-refractivity contribution is 0.101. The van der Waals surface area contributed by atoms with E-state index in [0.29, 0.717) is 28.5 Å².